The number of fused-ring (bicyclic) bond motifs is 1. The SMILES string of the molecule is CCCCCCNCc1c[nH]c2c(=O)[nH]cnc12. The number of H-pyrrole nitrogens is 2. The minimum Gasteiger partial charge on any atom is -0.355 e. The molecule has 0 aromatic carbocycles. The molecule has 5 nitrogen and oxygen atoms in total. The Morgan fingerprint density at radius 2 is 2.17 bits per heavy atom. The third-order valence-electron chi connectivity index (χ3n) is 3.07. The van der Waals surface area contributed by atoms with Gasteiger partial charge in [0.1, 0.15) is 5.52 Å². The first-order valence-electron chi connectivity index (χ1n) is 6.57. The molecule has 0 saturated heterocycles. The summed E-state index contributed by atoms with van der Waals surface area (Å²) < 4.78 is 0. The van der Waals surface area contributed by atoms with Crippen molar-refractivity contribution in [2.24, 2.45) is 0 Å². The van der Waals surface area contributed by atoms with Crippen LogP contribution in [0, 0.1) is 0 Å². The van der Waals surface area contributed by atoms with Gasteiger partial charge in [-0.3, -0.25) is 4.79 Å². The van der Waals surface area contributed by atoms with Crippen LogP contribution in [0.4, 0.5) is 0 Å². The molecule has 2 aromatic rings. The molecule has 5 heteroatoms. The van der Waals surface area contributed by atoms with Crippen LogP contribution in [0.25, 0.3) is 11.0 Å². The van der Waals surface area contributed by atoms with Crippen LogP contribution in [0.15, 0.2) is 17.3 Å². The highest BCUT2D eigenvalue weighted by Gasteiger charge is 2.06. The van der Waals surface area contributed by atoms with E-state index in [1.807, 2.05) is 6.20 Å². The smallest absolute Gasteiger partial charge is 0.275 e. The van der Waals surface area contributed by atoms with Crippen molar-refractivity contribution in [3.63, 3.8) is 0 Å². The zero-order valence-electron chi connectivity index (χ0n) is 10.8. The maximum absolute atomic E-state index is 11.5. The van der Waals surface area contributed by atoms with E-state index < -0.39 is 0 Å². The molecule has 2 heterocycles. The molecule has 0 amide bonds. The summed E-state index contributed by atoms with van der Waals surface area (Å²) in [4.78, 5) is 21.2. The maximum atomic E-state index is 11.5. The van der Waals surface area contributed by atoms with Gasteiger partial charge >= 0.3 is 0 Å². The fourth-order valence-corrected chi connectivity index (χ4v) is 2.04. The molecule has 3 N–H and O–H groups in total. The first-order valence-corrected chi connectivity index (χ1v) is 6.57. The van der Waals surface area contributed by atoms with E-state index in [1.54, 1.807) is 0 Å². The Morgan fingerprint density at radius 1 is 1.28 bits per heavy atom. The molecule has 0 atom stereocenters. The van der Waals surface area contributed by atoms with Gasteiger partial charge in [-0.15, -0.1) is 0 Å². The van der Waals surface area contributed by atoms with Crippen LogP contribution >= 0.6 is 0 Å². The van der Waals surface area contributed by atoms with Gasteiger partial charge in [0, 0.05) is 18.3 Å². The minimum absolute atomic E-state index is 0.116. The minimum atomic E-state index is -0.116. The predicted octanol–water partition coefficient (Wildman–Crippen LogP) is 1.92. The summed E-state index contributed by atoms with van der Waals surface area (Å²) in [6.07, 6.45) is 8.33. The molecule has 0 aliphatic heterocycles. The number of hydrogen-bond donors (Lipinski definition) is 3. The van der Waals surface area contributed by atoms with Gasteiger partial charge < -0.3 is 15.3 Å². The lowest BCUT2D eigenvalue weighted by atomic mass is 10.2. The molecule has 0 aliphatic carbocycles. The summed E-state index contributed by atoms with van der Waals surface area (Å²) >= 11 is 0. The van der Waals surface area contributed by atoms with E-state index in [-0.39, 0.29) is 5.56 Å². The quantitative estimate of drug-likeness (QED) is 0.655. The van der Waals surface area contributed by atoms with Crippen molar-refractivity contribution in [1.29, 1.82) is 0 Å². The van der Waals surface area contributed by atoms with Gasteiger partial charge in [-0.25, -0.2) is 4.98 Å². The van der Waals surface area contributed by atoms with E-state index in [9.17, 15) is 4.79 Å². The molecule has 0 saturated carbocycles. The van der Waals surface area contributed by atoms with Crippen molar-refractivity contribution in [2.45, 2.75) is 39.2 Å². The molecule has 98 valence electrons. The monoisotopic (exact) mass is 248 g/mol. The van der Waals surface area contributed by atoms with Crippen LogP contribution in [0.5, 0.6) is 0 Å². The van der Waals surface area contributed by atoms with Crippen molar-refractivity contribution >= 4 is 11.0 Å². The Hall–Kier alpha value is -1.62. The summed E-state index contributed by atoms with van der Waals surface area (Å²) in [7, 11) is 0. The summed E-state index contributed by atoms with van der Waals surface area (Å²) in [5.41, 5.74) is 2.25. The molecule has 0 spiro atoms. The average Bonchev–Trinajstić information content (AvgIpc) is 2.79. The molecule has 0 radical (unpaired) electrons. The topological polar surface area (TPSA) is 73.6 Å². The second-order valence-electron chi connectivity index (χ2n) is 4.51. The maximum Gasteiger partial charge on any atom is 0.275 e. The van der Waals surface area contributed by atoms with Gasteiger partial charge in [-0.2, -0.15) is 0 Å². The van der Waals surface area contributed by atoms with E-state index in [4.69, 9.17) is 0 Å². The average molecular weight is 248 g/mol. The normalized spacial score (nSPS) is 11.2. The fraction of sp³-hybridized carbons (Fsp3) is 0.538. The second kappa shape index (κ2) is 6.35. The third kappa shape index (κ3) is 2.98. The lowest BCUT2D eigenvalue weighted by Gasteiger charge is -2.03. The van der Waals surface area contributed by atoms with Gasteiger partial charge in [-0.1, -0.05) is 26.2 Å². The molecule has 0 unspecified atom stereocenters. The number of rotatable bonds is 7. The van der Waals surface area contributed by atoms with Crippen molar-refractivity contribution < 1.29 is 0 Å². The Morgan fingerprint density at radius 3 is 3.00 bits per heavy atom. The molecule has 2 aromatic heterocycles. The highest BCUT2D eigenvalue weighted by molar-refractivity contribution is 5.77. The van der Waals surface area contributed by atoms with E-state index in [0.717, 1.165) is 24.2 Å². The van der Waals surface area contributed by atoms with Crippen molar-refractivity contribution in [3.05, 3.63) is 28.4 Å². The highest BCUT2D eigenvalue weighted by atomic mass is 16.1. The summed E-state index contributed by atoms with van der Waals surface area (Å²) in [5, 5.41) is 3.39. The van der Waals surface area contributed by atoms with Crippen molar-refractivity contribution in [3.8, 4) is 0 Å². The van der Waals surface area contributed by atoms with Gasteiger partial charge in [0.05, 0.1) is 11.8 Å². The van der Waals surface area contributed by atoms with E-state index in [0.29, 0.717) is 5.52 Å². The second-order valence-corrected chi connectivity index (χ2v) is 4.51. The lowest BCUT2D eigenvalue weighted by Crippen LogP contribution is -2.14. The molecule has 0 fully saturated rings. The standard InChI is InChI=1S/C13H20N4O/c1-2-3-4-5-6-14-7-10-8-15-12-11(10)16-9-17-13(12)18/h8-9,14-15H,2-7H2,1H3,(H,16,17,18). The van der Waals surface area contributed by atoms with E-state index in [2.05, 4.69) is 27.2 Å². The highest BCUT2D eigenvalue weighted by Crippen LogP contribution is 2.10. The van der Waals surface area contributed by atoms with E-state index in [1.165, 1.54) is 32.0 Å². The van der Waals surface area contributed by atoms with Crippen LogP contribution in [-0.2, 0) is 6.54 Å². The van der Waals surface area contributed by atoms with Gasteiger partial charge in [0.25, 0.3) is 5.56 Å². The Labute approximate surface area is 106 Å². The van der Waals surface area contributed by atoms with Crippen LogP contribution in [0.2, 0.25) is 0 Å². The summed E-state index contributed by atoms with van der Waals surface area (Å²) in [6.45, 7) is 3.97. The Bertz CT molecular complexity index is 543. The molecule has 0 bridgehead atoms. The van der Waals surface area contributed by atoms with Crippen molar-refractivity contribution in [1.82, 2.24) is 20.3 Å². The number of aromatic nitrogens is 3. The zero-order valence-corrected chi connectivity index (χ0v) is 10.8. The fourth-order valence-electron chi connectivity index (χ4n) is 2.04. The zero-order chi connectivity index (χ0) is 12.8. The van der Waals surface area contributed by atoms with Crippen LogP contribution in [0.1, 0.15) is 38.2 Å². The number of nitrogens with zero attached hydrogens (tertiary/aromatic N) is 1. The van der Waals surface area contributed by atoms with E-state index >= 15 is 0 Å². The largest absolute Gasteiger partial charge is 0.355 e. The van der Waals surface area contributed by atoms with Gasteiger partial charge in [0.2, 0.25) is 0 Å². The molecule has 2 rings (SSSR count). The molecular formula is C13H20N4O. The summed E-state index contributed by atoms with van der Waals surface area (Å²) in [6, 6.07) is 0. The molecule has 18 heavy (non-hydrogen) atoms. The number of unbranched alkanes of at least 4 members (excludes halogenated alkanes) is 3. The first-order chi connectivity index (χ1) is 8.83. The van der Waals surface area contributed by atoms with Gasteiger partial charge in [-0.05, 0) is 13.0 Å². The number of nitrogens with one attached hydrogen (secondary N) is 3. The first kappa shape index (κ1) is 12.8. The predicted molar refractivity (Wildman–Crippen MR) is 72.6 cm³/mol. The van der Waals surface area contributed by atoms with Crippen LogP contribution < -0.4 is 10.9 Å². The van der Waals surface area contributed by atoms with Crippen LogP contribution in [0.3, 0.4) is 0 Å². The molecule has 0 aliphatic rings. The number of hydrogen-bond acceptors (Lipinski definition) is 3. The number of aromatic amines is 2. The van der Waals surface area contributed by atoms with Gasteiger partial charge in [0.15, 0.2) is 0 Å². The van der Waals surface area contributed by atoms with Crippen LogP contribution in [-0.4, -0.2) is 21.5 Å². The summed E-state index contributed by atoms with van der Waals surface area (Å²) in [5.74, 6) is 0. The third-order valence-corrected chi connectivity index (χ3v) is 3.07. The van der Waals surface area contributed by atoms with Crippen molar-refractivity contribution in [2.75, 3.05) is 6.54 Å². The Balaban J connectivity index is 1.88. The lowest BCUT2D eigenvalue weighted by molar-refractivity contribution is 0.599. The Kier molecular flexibility index (Phi) is 4.52. The molecular weight excluding hydrogens is 228 g/mol.